The first kappa shape index (κ1) is 17.2. The average molecular weight is 339 g/mol. The van der Waals surface area contributed by atoms with Crippen molar-refractivity contribution >= 4 is 11.9 Å². The molecule has 5 heteroatoms. The van der Waals surface area contributed by atoms with E-state index in [1.807, 2.05) is 60.7 Å². The third-order valence-electron chi connectivity index (χ3n) is 4.20. The maximum Gasteiger partial charge on any atom is 0.408 e. The van der Waals surface area contributed by atoms with Crippen molar-refractivity contribution in [2.75, 3.05) is 6.61 Å². The van der Waals surface area contributed by atoms with Crippen LogP contribution in [0.4, 0.5) is 4.79 Å². The molecule has 0 spiro atoms. The number of benzene rings is 2. The quantitative estimate of drug-likeness (QED) is 0.788. The standard InChI is InChI=1S/C20H21NO4/c1-20(14-25-20)18(22)17(12-15-8-4-2-5-9-15)21-19(23)24-13-16-10-6-3-7-11-16/h2-11,17H,12-14H2,1H3,(H,21,23)/t17-,20-/m0/s1. The van der Waals surface area contributed by atoms with E-state index in [1.54, 1.807) is 6.92 Å². The van der Waals surface area contributed by atoms with Crippen molar-refractivity contribution in [1.82, 2.24) is 5.32 Å². The summed E-state index contributed by atoms with van der Waals surface area (Å²) in [5.74, 6) is -0.131. The summed E-state index contributed by atoms with van der Waals surface area (Å²) in [4.78, 5) is 24.8. The molecule has 0 radical (unpaired) electrons. The Bertz CT molecular complexity index is 726. The van der Waals surface area contributed by atoms with E-state index in [2.05, 4.69) is 5.32 Å². The maximum absolute atomic E-state index is 12.6. The van der Waals surface area contributed by atoms with E-state index >= 15 is 0 Å². The summed E-state index contributed by atoms with van der Waals surface area (Å²) in [5.41, 5.74) is 1.06. The van der Waals surface area contributed by atoms with Gasteiger partial charge in [0, 0.05) is 0 Å². The van der Waals surface area contributed by atoms with Crippen LogP contribution >= 0.6 is 0 Å². The maximum atomic E-state index is 12.6. The second-order valence-corrected chi connectivity index (χ2v) is 6.33. The highest BCUT2D eigenvalue weighted by atomic mass is 16.6. The van der Waals surface area contributed by atoms with Gasteiger partial charge in [-0.15, -0.1) is 0 Å². The van der Waals surface area contributed by atoms with Gasteiger partial charge in [-0.25, -0.2) is 4.79 Å². The number of epoxide rings is 1. The van der Waals surface area contributed by atoms with Gasteiger partial charge >= 0.3 is 6.09 Å². The number of rotatable bonds is 7. The molecule has 130 valence electrons. The fraction of sp³-hybridized carbons (Fsp3) is 0.300. The van der Waals surface area contributed by atoms with Crippen LogP contribution < -0.4 is 5.32 Å². The minimum absolute atomic E-state index is 0.131. The SMILES string of the molecule is C[C@@]1(C(=O)[C@H](Cc2ccccc2)NC(=O)OCc2ccccc2)CO1. The van der Waals surface area contributed by atoms with E-state index in [-0.39, 0.29) is 12.4 Å². The highest BCUT2D eigenvalue weighted by Gasteiger charge is 2.50. The third-order valence-corrected chi connectivity index (χ3v) is 4.20. The molecule has 1 fully saturated rings. The molecule has 0 saturated carbocycles. The Morgan fingerprint density at radius 3 is 2.20 bits per heavy atom. The van der Waals surface area contributed by atoms with Gasteiger partial charge in [0.25, 0.3) is 0 Å². The molecule has 3 rings (SSSR count). The van der Waals surface area contributed by atoms with Crippen molar-refractivity contribution < 1.29 is 19.1 Å². The Balaban J connectivity index is 1.62. The molecule has 1 N–H and O–H groups in total. The smallest absolute Gasteiger partial charge is 0.408 e. The van der Waals surface area contributed by atoms with E-state index in [0.29, 0.717) is 13.0 Å². The first-order valence-corrected chi connectivity index (χ1v) is 8.26. The van der Waals surface area contributed by atoms with Crippen molar-refractivity contribution in [2.24, 2.45) is 0 Å². The summed E-state index contributed by atoms with van der Waals surface area (Å²) in [5, 5.41) is 2.69. The van der Waals surface area contributed by atoms with Crippen LogP contribution in [0.15, 0.2) is 60.7 Å². The van der Waals surface area contributed by atoms with Crippen LogP contribution in [0.25, 0.3) is 0 Å². The van der Waals surface area contributed by atoms with Crippen LogP contribution in [-0.2, 0) is 27.3 Å². The summed E-state index contributed by atoms with van der Waals surface area (Å²) in [6.07, 6.45) is -0.207. The third kappa shape index (κ3) is 4.67. The number of carbonyl (C=O) groups is 2. The van der Waals surface area contributed by atoms with Gasteiger partial charge in [0.15, 0.2) is 5.78 Å². The second-order valence-electron chi connectivity index (χ2n) is 6.33. The van der Waals surface area contributed by atoms with Gasteiger partial charge in [0.1, 0.15) is 12.2 Å². The molecule has 0 bridgehead atoms. The van der Waals surface area contributed by atoms with E-state index < -0.39 is 17.7 Å². The zero-order valence-electron chi connectivity index (χ0n) is 14.1. The predicted octanol–water partition coefficient (Wildman–Crippen LogP) is 2.88. The van der Waals surface area contributed by atoms with E-state index in [1.165, 1.54) is 0 Å². The first-order chi connectivity index (χ1) is 12.1. The van der Waals surface area contributed by atoms with Gasteiger partial charge in [-0.3, -0.25) is 4.79 Å². The van der Waals surface area contributed by atoms with Crippen LogP contribution in [0.1, 0.15) is 18.1 Å². The zero-order valence-corrected chi connectivity index (χ0v) is 14.1. The molecule has 2 aromatic rings. The number of alkyl carbamates (subject to hydrolysis) is 1. The molecule has 1 aliphatic heterocycles. The molecule has 0 aromatic heterocycles. The van der Waals surface area contributed by atoms with E-state index in [0.717, 1.165) is 11.1 Å². The lowest BCUT2D eigenvalue weighted by Crippen LogP contribution is -2.47. The van der Waals surface area contributed by atoms with Crippen LogP contribution in [-0.4, -0.2) is 30.1 Å². The Morgan fingerprint density at radius 1 is 1.08 bits per heavy atom. The fourth-order valence-corrected chi connectivity index (χ4v) is 2.59. The molecule has 1 saturated heterocycles. The lowest BCUT2D eigenvalue weighted by Gasteiger charge is -2.19. The lowest BCUT2D eigenvalue weighted by molar-refractivity contribution is -0.125. The van der Waals surface area contributed by atoms with Crippen LogP contribution in [0.3, 0.4) is 0 Å². The molecule has 0 unspecified atom stereocenters. The molecule has 2 atom stereocenters. The molecule has 0 aliphatic carbocycles. The number of hydrogen-bond donors (Lipinski definition) is 1. The minimum Gasteiger partial charge on any atom is -0.445 e. The van der Waals surface area contributed by atoms with E-state index in [4.69, 9.17) is 9.47 Å². The minimum atomic E-state index is -0.799. The summed E-state index contributed by atoms with van der Waals surface area (Å²) in [6, 6.07) is 18.3. The molecular weight excluding hydrogens is 318 g/mol. The fourth-order valence-electron chi connectivity index (χ4n) is 2.59. The van der Waals surface area contributed by atoms with E-state index in [9.17, 15) is 9.59 Å². The highest BCUT2D eigenvalue weighted by molar-refractivity contribution is 5.95. The molecule has 1 aliphatic rings. The molecule has 2 aromatic carbocycles. The first-order valence-electron chi connectivity index (χ1n) is 8.26. The molecular formula is C20H21NO4. The molecule has 1 amide bonds. The van der Waals surface area contributed by atoms with Crippen molar-refractivity contribution in [3.05, 3.63) is 71.8 Å². The van der Waals surface area contributed by atoms with Crippen molar-refractivity contribution in [3.8, 4) is 0 Å². The van der Waals surface area contributed by atoms with Gasteiger partial charge in [-0.2, -0.15) is 0 Å². The van der Waals surface area contributed by atoms with Crippen LogP contribution in [0, 0.1) is 0 Å². The topological polar surface area (TPSA) is 67.9 Å². The van der Waals surface area contributed by atoms with Crippen molar-refractivity contribution in [2.45, 2.75) is 31.6 Å². The second kappa shape index (κ2) is 7.49. The van der Waals surface area contributed by atoms with Gasteiger partial charge < -0.3 is 14.8 Å². The van der Waals surface area contributed by atoms with Gasteiger partial charge in [0.2, 0.25) is 0 Å². The van der Waals surface area contributed by atoms with Crippen LogP contribution in [0.2, 0.25) is 0 Å². The number of nitrogens with one attached hydrogen (secondary N) is 1. The summed E-state index contributed by atoms with van der Waals surface area (Å²) in [7, 11) is 0. The summed E-state index contributed by atoms with van der Waals surface area (Å²) >= 11 is 0. The normalized spacial score (nSPS) is 19.7. The molecule has 25 heavy (non-hydrogen) atoms. The number of ether oxygens (including phenoxy) is 2. The van der Waals surface area contributed by atoms with Crippen molar-refractivity contribution in [1.29, 1.82) is 0 Å². The summed E-state index contributed by atoms with van der Waals surface area (Å²) < 4.78 is 10.5. The number of ketones is 1. The number of Topliss-reactive ketones (excluding diaryl/α,β-unsaturated/α-hetero) is 1. The number of carbonyl (C=O) groups excluding carboxylic acids is 2. The van der Waals surface area contributed by atoms with Crippen molar-refractivity contribution in [3.63, 3.8) is 0 Å². The number of amides is 1. The molecule has 5 nitrogen and oxygen atoms in total. The van der Waals surface area contributed by atoms with Gasteiger partial charge in [-0.1, -0.05) is 60.7 Å². The Morgan fingerprint density at radius 2 is 1.64 bits per heavy atom. The Hall–Kier alpha value is -2.66. The Labute approximate surface area is 147 Å². The average Bonchev–Trinajstić information content (AvgIpc) is 3.39. The lowest BCUT2D eigenvalue weighted by atomic mass is 9.95. The monoisotopic (exact) mass is 339 g/mol. The highest BCUT2D eigenvalue weighted by Crippen LogP contribution is 2.29. The largest absolute Gasteiger partial charge is 0.445 e. The van der Waals surface area contributed by atoms with Crippen LogP contribution in [0.5, 0.6) is 0 Å². The number of hydrogen-bond acceptors (Lipinski definition) is 4. The predicted molar refractivity (Wildman–Crippen MR) is 93.1 cm³/mol. The van der Waals surface area contributed by atoms with Gasteiger partial charge in [-0.05, 0) is 24.5 Å². The Kier molecular flexibility index (Phi) is 5.14. The summed E-state index contributed by atoms with van der Waals surface area (Å²) in [6.45, 7) is 2.29. The van der Waals surface area contributed by atoms with Gasteiger partial charge in [0.05, 0.1) is 12.6 Å². The zero-order chi connectivity index (χ0) is 17.7. The molecule has 1 heterocycles.